The zero-order valence-corrected chi connectivity index (χ0v) is 18.6. The minimum absolute atomic E-state index is 0.211. The Balaban J connectivity index is 2.05. The number of aliphatic hydroxyl groups is 1. The highest BCUT2D eigenvalue weighted by molar-refractivity contribution is 7.90. The summed E-state index contributed by atoms with van der Waals surface area (Å²) in [5, 5.41) is 12.3. The topological polar surface area (TPSA) is 59.3 Å². The Bertz CT molecular complexity index is 1290. The van der Waals surface area contributed by atoms with Gasteiger partial charge in [0.05, 0.1) is 16.1 Å². The maximum absolute atomic E-state index is 13.9. The third-order valence-electron chi connectivity index (χ3n) is 5.69. The standard InChI is InChI=1S/C26H27NO3S/c1-3-4-12-23-22-13-8-9-14-24(22)27(25(23)26(28)20-10-6-5-7-11-20)31(29,30)21-17-15-19(2)16-18-21/h5-11,13-18,26,28H,3-4,12H2,1-2H3. The molecule has 0 spiro atoms. The molecule has 0 radical (unpaired) electrons. The van der Waals surface area contributed by atoms with Gasteiger partial charge in [-0.1, -0.05) is 79.6 Å². The highest BCUT2D eigenvalue weighted by atomic mass is 32.2. The van der Waals surface area contributed by atoms with Crippen LogP contribution in [0.2, 0.25) is 0 Å². The smallest absolute Gasteiger partial charge is 0.268 e. The number of fused-ring (bicyclic) bond motifs is 1. The summed E-state index contributed by atoms with van der Waals surface area (Å²) in [4.78, 5) is 0.211. The van der Waals surface area contributed by atoms with Gasteiger partial charge in [0.2, 0.25) is 0 Å². The first-order valence-corrected chi connectivity index (χ1v) is 12.1. The molecule has 4 nitrogen and oxygen atoms in total. The van der Waals surface area contributed by atoms with Crippen molar-refractivity contribution < 1.29 is 13.5 Å². The van der Waals surface area contributed by atoms with Gasteiger partial charge in [0, 0.05) is 5.39 Å². The number of hydrogen-bond donors (Lipinski definition) is 1. The van der Waals surface area contributed by atoms with Crippen LogP contribution in [0, 0.1) is 6.92 Å². The van der Waals surface area contributed by atoms with E-state index in [1.165, 1.54) is 3.97 Å². The first kappa shape index (κ1) is 21.3. The van der Waals surface area contributed by atoms with Crippen LogP contribution in [0.4, 0.5) is 0 Å². The monoisotopic (exact) mass is 433 g/mol. The zero-order chi connectivity index (χ0) is 22.0. The number of aliphatic hydroxyl groups excluding tert-OH is 1. The third kappa shape index (κ3) is 3.91. The molecule has 0 saturated carbocycles. The van der Waals surface area contributed by atoms with Crippen LogP contribution in [0.1, 0.15) is 48.3 Å². The Labute approximate surface area is 183 Å². The van der Waals surface area contributed by atoms with E-state index in [2.05, 4.69) is 6.92 Å². The van der Waals surface area contributed by atoms with E-state index in [1.54, 1.807) is 24.3 Å². The molecule has 1 aromatic heterocycles. The molecule has 1 heterocycles. The molecule has 1 unspecified atom stereocenters. The first-order chi connectivity index (χ1) is 14.9. The van der Waals surface area contributed by atoms with Crippen molar-refractivity contribution in [1.29, 1.82) is 0 Å². The Morgan fingerprint density at radius 1 is 0.903 bits per heavy atom. The van der Waals surface area contributed by atoms with Gasteiger partial charge in [-0.05, 0) is 49.1 Å². The predicted molar refractivity (Wildman–Crippen MR) is 125 cm³/mol. The largest absolute Gasteiger partial charge is 0.382 e. The highest BCUT2D eigenvalue weighted by Crippen LogP contribution is 2.37. The number of benzene rings is 3. The highest BCUT2D eigenvalue weighted by Gasteiger charge is 2.30. The fourth-order valence-electron chi connectivity index (χ4n) is 4.06. The van der Waals surface area contributed by atoms with Crippen molar-refractivity contribution in [1.82, 2.24) is 3.97 Å². The average molecular weight is 434 g/mol. The molecule has 160 valence electrons. The fourth-order valence-corrected chi connectivity index (χ4v) is 5.63. The summed E-state index contributed by atoms with van der Waals surface area (Å²) in [5.74, 6) is 0. The van der Waals surface area contributed by atoms with Crippen LogP contribution in [0.25, 0.3) is 10.9 Å². The van der Waals surface area contributed by atoms with Crippen LogP contribution in [0.3, 0.4) is 0 Å². The van der Waals surface area contributed by atoms with E-state index < -0.39 is 16.1 Å². The Kier molecular flexibility index (Phi) is 5.99. The van der Waals surface area contributed by atoms with Crippen molar-refractivity contribution >= 4 is 20.9 Å². The van der Waals surface area contributed by atoms with Crippen LogP contribution < -0.4 is 0 Å². The lowest BCUT2D eigenvalue weighted by molar-refractivity contribution is 0.213. The number of unbranched alkanes of at least 4 members (excludes halogenated alkanes) is 1. The van der Waals surface area contributed by atoms with Gasteiger partial charge in [-0.3, -0.25) is 0 Å². The summed E-state index contributed by atoms with van der Waals surface area (Å²) in [6.45, 7) is 4.03. The molecule has 1 N–H and O–H groups in total. The van der Waals surface area contributed by atoms with Crippen molar-refractivity contribution in [2.45, 2.75) is 44.1 Å². The Morgan fingerprint density at radius 2 is 1.55 bits per heavy atom. The van der Waals surface area contributed by atoms with E-state index in [-0.39, 0.29) is 4.90 Å². The van der Waals surface area contributed by atoms with E-state index in [9.17, 15) is 13.5 Å². The van der Waals surface area contributed by atoms with E-state index in [0.29, 0.717) is 23.2 Å². The molecule has 1 atom stereocenters. The summed E-state index contributed by atoms with van der Waals surface area (Å²) in [6.07, 6.45) is 1.53. The SMILES string of the molecule is CCCCc1c(C(O)c2ccccc2)n(S(=O)(=O)c2ccc(C)cc2)c2ccccc12. The van der Waals surface area contributed by atoms with Crippen molar-refractivity contribution in [3.8, 4) is 0 Å². The molecule has 31 heavy (non-hydrogen) atoms. The molecular weight excluding hydrogens is 406 g/mol. The lowest BCUT2D eigenvalue weighted by atomic mass is 9.98. The molecule has 3 aromatic carbocycles. The lowest BCUT2D eigenvalue weighted by Gasteiger charge is -2.18. The molecule has 0 saturated heterocycles. The number of para-hydroxylation sites is 1. The molecule has 0 bridgehead atoms. The van der Waals surface area contributed by atoms with Gasteiger partial charge in [0.1, 0.15) is 6.10 Å². The quantitative estimate of drug-likeness (QED) is 0.412. The first-order valence-electron chi connectivity index (χ1n) is 10.6. The molecule has 0 aliphatic heterocycles. The maximum Gasteiger partial charge on any atom is 0.268 e. The van der Waals surface area contributed by atoms with Crippen LogP contribution in [0.5, 0.6) is 0 Å². The lowest BCUT2D eigenvalue weighted by Crippen LogP contribution is -2.19. The van der Waals surface area contributed by atoms with Gasteiger partial charge in [0.25, 0.3) is 10.0 Å². The molecule has 4 rings (SSSR count). The minimum Gasteiger partial charge on any atom is -0.382 e. The molecule has 0 amide bonds. The molecule has 0 aliphatic carbocycles. The van der Waals surface area contributed by atoms with Crippen molar-refractivity contribution in [3.05, 3.63) is 101 Å². The van der Waals surface area contributed by atoms with Crippen molar-refractivity contribution in [3.63, 3.8) is 0 Å². The number of rotatable bonds is 7. The second kappa shape index (κ2) is 8.69. The molecule has 5 heteroatoms. The van der Waals surface area contributed by atoms with Gasteiger partial charge < -0.3 is 5.11 Å². The van der Waals surface area contributed by atoms with Crippen LogP contribution >= 0.6 is 0 Å². The Hall–Kier alpha value is -2.89. The van der Waals surface area contributed by atoms with E-state index >= 15 is 0 Å². The predicted octanol–water partition coefficient (Wildman–Crippen LogP) is 5.61. The molecule has 4 aromatic rings. The number of nitrogens with zero attached hydrogens (tertiary/aromatic N) is 1. The maximum atomic E-state index is 13.9. The van der Waals surface area contributed by atoms with Gasteiger partial charge >= 0.3 is 0 Å². The fraction of sp³-hybridized carbons (Fsp3) is 0.231. The molecule has 0 fully saturated rings. The molecule has 0 aliphatic rings. The summed E-state index contributed by atoms with van der Waals surface area (Å²) < 4.78 is 29.1. The second-order valence-corrected chi connectivity index (χ2v) is 9.67. The van der Waals surface area contributed by atoms with Crippen molar-refractivity contribution in [2.75, 3.05) is 0 Å². The normalized spacial score (nSPS) is 12.9. The summed E-state index contributed by atoms with van der Waals surface area (Å²) in [7, 11) is -3.91. The third-order valence-corrected chi connectivity index (χ3v) is 7.43. The second-order valence-electron chi connectivity index (χ2n) is 7.88. The number of hydrogen-bond acceptors (Lipinski definition) is 3. The minimum atomic E-state index is -3.91. The van der Waals surface area contributed by atoms with Gasteiger partial charge in [-0.2, -0.15) is 0 Å². The van der Waals surface area contributed by atoms with Crippen molar-refractivity contribution in [2.24, 2.45) is 0 Å². The molecular formula is C26H27NO3S. The van der Waals surface area contributed by atoms with Crippen LogP contribution in [-0.4, -0.2) is 17.5 Å². The van der Waals surface area contributed by atoms with Gasteiger partial charge in [0.15, 0.2) is 0 Å². The number of aromatic nitrogens is 1. The van der Waals surface area contributed by atoms with Crippen LogP contribution in [0.15, 0.2) is 83.8 Å². The average Bonchev–Trinajstić information content (AvgIpc) is 3.13. The summed E-state index contributed by atoms with van der Waals surface area (Å²) >= 11 is 0. The van der Waals surface area contributed by atoms with E-state index in [1.807, 2.05) is 61.5 Å². The van der Waals surface area contributed by atoms with E-state index in [4.69, 9.17) is 0 Å². The van der Waals surface area contributed by atoms with Crippen LogP contribution in [-0.2, 0) is 16.4 Å². The van der Waals surface area contributed by atoms with Gasteiger partial charge in [-0.15, -0.1) is 0 Å². The summed E-state index contributed by atoms with van der Waals surface area (Å²) in [5.41, 5.74) is 3.58. The van der Waals surface area contributed by atoms with E-state index in [0.717, 1.165) is 29.4 Å². The zero-order valence-electron chi connectivity index (χ0n) is 17.8. The number of aryl methyl sites for hydroxylation is 2. The Morgan fingerprint density at radius 3 is 2.23 bits per heavy atom. The van der Waals surface area contributed by atoms with Gasteiger partial charge in [-0.25, -0.2) is 12.4 Å². The summed E-state index contributed by atoms with van der Waals surface area (Å²) in [6, 6.07) is 23.6.